The Labute approximate surface area is 153 Å². The zero-order chi connectivity index (χ0) is 17.4. The van der Waals surface area contributed by atoms with Gasteiger partial charge in [0.05, 0.1) is 6.54 Å². The predicted octanol–water partition coefficient (Wildman–Crippen LogP) is 3.15. The van der Waals surface area contributed by atoms with Gasteiger partial charge in [-0.15, -0.1) is 0 Å². The summed E-state index contributed by atoms with van der Waals surface area (Å²) in [6.07, 6.45) is 7.79. The third kappa shape index (κ3) is 5.46. The smallest absolute Gasteiger partial charge is 0.191 e. The van der Waals surface area contributed by atoms with E-state index in [2.05, 4.69) is 52.8 Å². The molecule has 1 saturated heterocycles. The number of aliphatic imine (C=N–C) groups is 1. The van der Waals surface area contributed by atoms with Crippen LogP contribution in [0.25, 0.3) is 0 Å². The fourth-order valence-electron chi connectivity index (χ4n) is 3.73. The van der Waals surface area contributed by atoms with Crippen molar-refractivity contribution in [2.24, 2.45) is 4.99 Å². The van der Waals surface area contributed by atoms with E-state index in [9.17, 15) is 0 Å². The van der Waals surface area contributed by atoms with Crippen molar-refractivity contribution in [3.63, 3.8) is 0 Å². The molecule has 2 N–H and O–H groups in total. The first-order chi connectivity index (χ1) is 12.3. The second-order valence-electron chi connectivity index (χ2n) is 7.52. The molecule has 4 nitrogen and oxygen atoms in total. The minimum atomic E-state index is 0.291. The van der Waals surface area contributed by atoms with E-state index < -0.39 is 0 Å². The maximum Gasteiger partial charge on any atom is 0.191 e. The number of benzene rings is 1. The molecule has 1 aliphatic carbocycles. The van der Waals surface area contributed by atoms with Gasteiger partial charge in [0, 0.05) is 18.5 Å². The van der Waals surface area contributed by atoms with Crippen molar-refractivity contribution in [1.29, 1.82) is 0 Å². The Morgan fingerprint density at radius 2 is 1.84 bits per heavy atom. The highest BCUT2D eigenvalue weighted by atomic mass is 15.2. The van der Waals surface area contributed by atoms with Crippen LogP contribution in [0, 0.1) is 0 Å². The van der Waals surface area contributed by atoms with Crippen molar-refractivity contribution in [1.82, 2.24) is 15.5 Å². The van der Waals surface area contributed by atoms with Crippen molar-refractivity contribution in [3.05, 3.63) is 35.9 Å². The average molecular weight is 343 g/mol. The minimum Gasteiger partial charge on any atom is -0.357 e. The van der Waals surface area contributed by atoms with Gasteiger partial charge in [0.1, 0.15) is 0 Å². The molecule has 1 aromatic rings. The van der Waals surface area contributed by atoms with Crippen LogP contribution in [-0.2, 0) is 5.41 Å². The molecule has 3 rings (SSSR count). The molecule has 0 atom stereocenters. The van der Waals surface area contributed by atoms with Crippen LogP contribution in [0.3, 0.4) is 0 Å². The third-order valence-corrected chi connectivity index (χ3v) is 5.52. The van der Waals surface area contributed by atoms with E-state index in [1.54, 1.807) is 0 Å². The van der Waals surface area contributed by atoms with Crippen LogP contribution >= 0.6 is 0 Å². The van der Waals surface area contributed by atoms with Crippen molar-refractivity contribution in [3.8, 4) is 0 Å². The number of likely N-dealkylation sites (tertiary alicyclic amines) is 1. The van der Waals surface area contributed by atoms with Crippen LogP contribution in [0.1, 0.15) is 51.0 Å². The standard InChI is InChI=1S/C21H34N4/c1-2-22-20(23-14-6-7-15-25-16-8-9-17-25)24-18-21(12-13-21)19-10-4-3-5-11-19/h3-5,10-11H,2,6-9,12-18H2,1H3,(H2,22,23,24). The molecule has 1 heterocycles. The highest BCUT2D eigenvalue weighted by Gasteiger charge is 2.43. The van der Waals surface area contributed by atoms with Gasteiger partial charge in [-0.2, -0.15) is 0 Å². The van der Waals surface area contributed by atoms with Crippen LogP contribution in [0.15, 0.2) is 35.3 Å². The summed E-state index contributed by atoms with van der Waals surface area (Å²) in [6, 6.07) is 10.9. The Morgan fingerprint density at radius 3 is 2.52 bits per heavy atom. The Bertz CT molecular complexity index is 530. The summed E-state index contributed by atoms with van der Waals surface area (Å²) in [5.74, 6) is 0.978. The molecule has 0 unspecified atom stereocenters. The first-order valence-corrected chi connectivity index (χ1v) is 10.1. The van der Waals surface area contributed by atoms with Crippen LogP contribution < -0.4 is 10.6 Å². The van der Waals surface area contributed by atoms with E-state index in [0.29, 0.717) is 5.41 Å². The average Bonchev–Trinajstić information content (AvgIpc) is 3.27. The van der Waals surface area contributed by atoms with E-state index in [4.69, 9.17) is 4.99 Å². The van der Waals surface area contributed by atoms with E-state index >= 15 is 0 Å². The Kier molecular flexibility index (Phi) is 6.74. The summed E-state index contributed by atoms with van der Waals surface area (Å²) in [5.41, 5.74) is 1.74. The second-order valence-corrected chi connectivity index (χ2v) is 7.52. The molecular weight excluding hydrogens is 308 g/mol. The molecule has 25 heavy (non-hydrogen) atoms. The predicted molar refractivity (Wildman–Crippen MR) is 106 cm³/mol. The van der Waals surface area contributed by atoms with Crippen molar-refractivity contribution in [2.45, 2.75) is 50.9 Å². The number of nitrogens with one attached hydrogen (secondary N) is 2. The van der Waals surface area contributed by atoms with E-state index in [1.165, 1.54) is 63.7 Å². The molecule has 4 heteroatoms. The number of rotatable bonds is 9. The zero-order valence-electron chi connectivity index (χ0n) is 15.8. The van der Waals surface area contributed by atoms with Crippen molar-refractivity contribution >= 4 is 5.96 Å². The molecule has 0 amide bonds. The number of hydrogen-bond acceptors (Lipinski definition) is 2. The van der Waals surface area contributed by atoms with Gasteiger partial charge in [-0.1, -0.05) is 30.3 Å². The van der Waals surface area contributed by atoms with Crippen molar-refractivity contribution < 1.29 is 0 Å². The fraction of sp³-hybridized carbons (Fsp3) is 0.667. The monoisotopic (exact) mass is 342 g/mol. The molecule has 0 bridgehead atoms. The lowest BCUT2D eigenvalue weighted by Gasteiger charge is -2.17. The quantitative estimate of drug-likeness (QED) is 0.411. The van der Waals surface area contributed by atoms with Gasteiger partial charge in [0.2, 0.25) is 0 Å². The highest BCUT2D eigenvalue weighted by molar-refractivity contribution is 5.79. The number of nitrogens with zero attached hydrogens (tertiary/aromatic N) is 2. The van der Waals surface area contributed by atoms with E-state index in [1.807, 2.05) is 0 Å². The molecular formula is C21H34N4. The molecule has 1 aromatic carbocycles. The minimum absolute atomic E-state index is 0.291. The van der Waals surface area contributed by atoms with Gasteiger partial charge < -0.3 is 15.5 Å². The summed E-state index contributed by atoms with van der Waals surface area (Å²) in [5, 5.41) is 6.91. The summed E-state index contributed by atoms with van der Waals surface area (Å²) in [6.45, 7) is 8.81. The van der Waals surface area contributed by atoms with Gasteiger partial charge >= 0.3 is 0 Å². The lowest BCUT2D eigenvalue weighted by atomic mass is 9.96. The zero-order valence-corrected chi connectivity index (χ0v) is 15.8. The first-order valence-electron chi connectivity index (χ1n) is 10.1. The highest BCUT2D eigenvalue weighted by Crippen LogP contribution is 2.48. The van der Waals surface area contributed by atoms with Gasteiger partial charge in [-0.3, -0.25) is 4.99 Å². The summed E-state index contributed by atoms with van der Waals surface area (Å²) >= 11 is 0. The topological polar surface area (TPSA) is 39.7 Å². The van der Waals surface area contributed by atoms with Crippen LogP contribution in [0.5, 0.6) is 0 Å². The number of unbranched alkanes of at least 4 members (excludes halogenated alkanes) is 1. The maximum atomic E-state index is 4.88. The van der Waals surface area contributed by atoms with E-state index in [-0.39, 0.29) is 0 Å². The van der Waals surface area contributed by atoms with Gasteiger partial charge in [0.25, 0.3) is 0 Å². The Hall–Kier alpha value is -1.55. The molecule has 138 valence electrons. The summed E-state index contributed by atoms with van der Waals surface area (Å²) in [4.78, 5) is 7.48. The van der Waals surface area contributed by atoms with Crippen LogP contribution in [0.2, 0.25) is 0 Å². The lowest BCUT2D eigenvalue weighted by molar-refractivity contribution is 0.330. The Morgan fingerprint density at radius 1 is 1.08 bits per heavy atom. The second kappa shape index (κ2) is 9.23. The lowest BCUT2D eigenvalue weighted by Crippen LogP contribution is -2.38. The third-order valence-electron chi connectivity index (χ3n) is 5.52. The van der Waals surface area contributed by atoms with Crippen LogP contribution in [0.4, 0.5) is 0 Å². The van der Waals surface area contributed by atoms with E-state index in [0.717, 1.165) is 25.6 Å². The molecule has 0 spiro atoms. The maximum absolute atomic E-state index is 4.88. The molecule has 1 aliphatic heterocycles. The first kappa shape index (κ1) is 18.2. The van der Waals surface area contributed by atoms with Crippen LogP contribution in [-0.4, -0.2) is 50.1 Å². The van der Waals surface area contributed by atoms with Gasteiger partial charge in [-0.05, 0) is 70.6 Å². The molecule has 0 aromatic heterocycles. The Balaban J connectivity index is 1.41. The van der Waals surface area contributed by atoms with Crippen molar-refractivity contribution in [2.75, 3.05) is 39.3 Å². The number of hydrogen-bond donors (Lipinski definition) is 2. The fourth-order valence-corrected chi connectivity index (χ4v) is 3.73. The molecule has 2 aliphatic rings. The summed E-state index contributed by atoms with van der Waals surface area (Å²) in [7, 11) is 0. The SMILES string of the molecule is CCNC(=NCC1(c2ccccc2)CC1)NCCCCN1CCCC1. The van der Waals surface area contributed by atoms with Gasteiger partial charge in [0.15, 0.2) is 5.96 Å². The molecule has 0 radical (unpaired) electrons. The largest absolute Gasteiger partial charge is 0.357 e. The molecule has 1 saturated carbocycles. The normalized spacial score (nSPS) is 19.8. The summed E-state index contributed by atoms with van der Waals surface area (Å²) < 4.78 is 0. The molecule has 2 fully saturated rings. The van der Waals surface area contributed by atoms with Gasteiger partial charge in [-0.25, -0.2) is 0 Å². The number of guanidine groups is 1.